The summed E-state index contributed by atoms with van der Waals surface area (Å²) in [4.78, 5) is 11.1. The highest BCUT2D eigenvalue weighted by Gasteiger charge is 2.30. The highest BCUT2D eigenvalue weighted by molar-refractivity contribution is 7.89. The van der Waals surface area contributed by atoms with Crippen LogP contribution in [0.5, 0.6) is 5.75 Å². The van der Waals surface area contributed by atoms with Gasteiger partial charge in [-0.15, -0.1) is 0 Å². The average molecular weight is 427 g/mol. The molecule has 0 amide bonds. The Labute approximate surface area is 175 Å². The zero-order valence-corrected chi connectivity index (χ0v) is 17.4. The number of sulfonamides is 1. The fraction of sp³-hybridized carbons (Fsp3) is 0.350. The molecule has 3 aromatic rings. The van der Waals surface area contributed by atoms with E-state index in [2.05, 4.69) is 20.0 Å². The molecule has 4 heterocycles. The van der Waals surface area contributed by atoms with E-state index < -0.39 is 10.0 Å². The number of nitrogens with zero attached hydrogens (tertiary/aromatic N) is 6. The molecule has 2 aliphatic rings. The largest absolute Gasteiger partial charge is 0.493 e. The second-order valence-electron chi connectivity index (χ2n) is 7.40. The smallest absolute Gasteiger partial charge is 0.243 e. The lowest BCUT2D eigenvalue weighted by Gasteiger charge is -2.34. The molecule has 2 aromatic heterocycles. The molecule has 0 atom stereocenters. The molecule has 1 aromatic carbocycles. The number of piperazine rings is 1. The lowest BCUT2D eigenvalue weighted by atomic mass is 10.2. The Kier molecular flexibility index (Phi) is 4.67. The van der Waals surface area contributed by atoms with Crippen LogP contribution in [0.4, 0.5) is 5.82 Å². The van der Waals surface area contributed by atoms with Gasteiger partial charge in [-0.25, -0.2) is 23.1 Å². The lowest BCUT2D eigenvalue weighted by Crippen LogP contribution is -2.49. The van der Waals surface area contributed by atoms with E-state index in [0.29, 0.717) is 43.5 Å². The summed E-state index contributed by atoms with van der Waals surface area (Å²) in [5.41, 5.74) is 1.86. The molecule has 0 spiro atoms. The van der Waals surface area contributed by atoms with Crippen molar-refractivity contribution in [3.8, 4) is 11.6 Å². The van der Waals surface area contributed by atoms with Crippen LogP contribution >= 0.6 is 0 Å². The molecule has 0 bridgehead atoms. The van der Waals surface area contributed by atoms with E-state index in [1.807, 2.05) is 25.3 Å². The molecule has 0 saturated carbocycles. The number of rotatable bonds is 4. The first-order valence-corrected chi connectivity index (χ1v) is 11.3. The first-order chi connectivity index (χ1) is 14.5. The summed E-state index contributed by atoms with van der Waals surface area (Å²) in [5.74, 6) is 2.23. The van der Waals surface area contributed by atoms with Crippen LogP contribution < -0.4 is 9.64 Å². The van der Waals surface area contributed by atoms with E-state index in [9.17, 15) is 8.42 Å². The van der Waals surface area contributed by atoms with E-state index in [1.165, 1.54) is 6.33 Å². The third-order valence-corrected chi connectivity index (χ3v) is 7.35. The number of fused-ring (bicyclic) bond motifs is 1. The summed E-state index contributed by atoms with van der Waals surface area (Å²) >= 11 is 0. The first kappa shape index (κ1) is 19.0. The van der Waals surface area contributed by atoms with Gasteiger partial charge in [0.2, 0.25) is 10.0 Å². The number of hydrogen-bond acceptors (Lipinski definition) is 7. The van der Waals surface area contributed by atoms with Gasteiger partial charge >= 0.3 is 0 Å². The fourth-order valence-electron chi connectivity index (χ4n) is 3.81. The maximum atomic E-state index is 13.1. The maximum absolute atomic E-state index is 13.1. The van der Waals surface area contributed by atoms with E-state index in [4.69, 9.17) is 4.74 Å². The van der Waals surface area contributed by atoms with Crippen LogP contribution in [0.15, 0.2) is 47.8 Å². The van der Waals surface area contributed by atoms with Crippen molar-refractivity contribution in [2.45, 2.75) is 18.2 Å². The molecule has 30 heavy (non-hydrogen) atoms. The quantitative estimate of drug-likeness (QED) is 0.623. The van der Waals surface area contributed by atoms with E-state index in [-0.39, 0.29) is 0 Å². The first-order valence-electron chi connectivity index (χ1n) is 9.86. The summed E-state index contributed by atoms with van der Waals surface area (Å²) in [6, 6.07) is 8.92. The summed E-state index contributed by atoms with van der Waals surface area (Å²) in [7, 11) is -3.53. The van der Waals surface area contributed by atoms with Gasteiger partial charge in [0, 0.05) is 44.9 Å². The topological polar surface area (TPSA) is 93.5 Å². The molecule has 0 unspecified atom stereocenters. The van der Waals surface area contributed by atoms with Crippen molar-refractivity contribution in [1.29, 1.82) is 0 Å². The summed E-state index contributed by atoms with van der Waals surface area (Å²) in [6.07, 6.45) is 4.11. The molecule has 1 fully saturated rings. The number of hydrogen-bond donors (Lipinski definition) is 0. The molecule has 1 saturated heterocycles. The van der Waals surface area contributed by atoms with Crippen LogP contribution in [-0.4, -0.2) is 65.3 Å². The van der Waals surface area contributed by atoms with Crippen molar-refractivity contribution in [2.24, 2.45) is 0 Å². The molecule has 0 aliphatic carbocycles. The maximum Gasteiger partial charge on any atom is 0.243 e. The Morgan fingerprint density at radius 3 is 2.57 bits per heavy atom. The number of aromatic nitrogens is 4. The Hall–Kier alpha value is -2.98. The highest BCUT2D eigenvalue weighted by atomic mass is 32.2. The predicted molar refractivity (Wildman–Crippen MR) is 111 cm³/mol. The minimum absolute atomic E-state index is 0.332. The Balaban J connectivity index is 1.31. The van der Waals surface area contributed by atoms with Crippen LogP contribution in [0.25, 0.3) is 5.82 Å². The second-order valence-corrected chi connectivity index (χ2v) is 9.33. The van der Waals surface area contributed by atoms with Gasteiger partial charge in [0.15, 0.2) is 5.82 Å². The summed E-state index contributed by atoms with van der Waals surface area (Å²) < 4.78 is 34.9. The third-order valence-electron chi connectivity index (χ3n) is 5.46. The third kappa shape index (κ3) is 3.41. The number of benzene rings is 1. The molecule has 9 nitrogen and oxygen atoms in total. The molecule has 156 valence electrons. The van der Waals surface area contributed by atoms with Gasteiger partial charge in [-0.05, 0) is 36.8 Å². The number of anilines is 1. The van der Waals surface area contributed by atoms with E-state index >= 15 is 0 Å². The molecule has 10 heteroatoms. The predicted octanol–water partition coefficient (Wildman–Crippen LogP) is 1.42. The monoisotopic (exact) mass is 426 g/mol. The molecular formula is C20H22N6O3S. The van der Waals surface area contributed by atoms with Gasteiger partial charge in [-0.3, -0.25) is 0 Å². The van der Waals surface area contributed by atoms with Gasteiger partial charge in [-0.1, -0.05) is 0 Å². The Morgan fingerprint density at radius 1 is 1.00 bits per heavy atom. The Morgan fingerprint density at radius 2 is 1.80 bits per heavy atom. The van der Waals surface area contributed by atoms with Crippen molar-refractivity contribution in [2.75, 3.05) is 37.7 Å². The summed E-state index contributed by atoms with van der Waals surface area (Å²) in [6.45, 7) is 4.44. The van der Waals surface area contributed by atoms with Crippen LogP contribution in [0.1, 0.15) is 11.3 Å². The van der Waals surface area contributed by atoms with Crippen LogP contribution in [0.3, 0.4) is 0 Å². The van der Waals surface area contributed by atoms with Gasteiger partial charge in [0.05, 0.1) is 17.2 Å². The SMILES string of the molecule is Cc1ccn(-c2cc(N3CCN(S(=O)(=O)c4ccc5c(c4)CCO5)CC3)ncn2)n1. The van der Waals surface area contributed by atoms with Crippen molar-refractivity contribution in [1.82, 2.24) is 24.1 Å². The van der Waals surface area contributed by atoms with E-state index in [1.54, 1.807) is 27.2 Å². The van der Waals surface area contributed by atoms with Gasteiger partial charge in [-0.2, -0.15) is 9.40 Å². The zero-order valence-electron chi connectivity index (χ0n) is 16.6. The molecule has 0 radical (unpaired) electrons. The summed E-state index contributed by atoms with van der Waals surface area (Å²) in [5, 5.41) is 4.38. The second kappa shape index (κ2) is 7.37. The van der Waals surface area contributed by atoms with Crippen LogP contribution in [0, 0.1) is 6.92 Å². The molecule has 2 aliphatic heterocycles. The standard InChI is InChI=1S/C20H22N6O3S/c1-15-4-6-26(23-15)20-13-19(21-14-22-20)24-7-9-25(10-8-24)30(27,28)17-2-3-18-16(12-17)5-11-29-18/h2-4,6,12-14H,5,7-11H2,1H3. The van der Waals surface area contributed by atoms with Gasteiger partial charge < -0.3 is 9.64 Å². The van der Waals surface area contributed by atoms with Gasteiger partial charge in [0.1, 0.15) is 17.9 Å². The van der Waals surface area contributed by atoms with Crippen molar-refractivity contribution in [3.05, 3.63) is 54.1 Å². The minimum Gasteiger partial charge on any atom is -0.493 e. The minimum atomic E-state index is -3.53. The normalized spacial score (nSPS) is 17.0. The fourth-order valence-corrected chi connectivity index (χ4v) is 5.28. The Bertz CT molecular complexity index is 1180. The molecule has 0 N–H and O–H groups in total. The van der Waals surface area contributed by atoms with Crippen LogP contribution in [-0.2, 0) is 16.4 Å². The molecule has 5 rings (SSSR count). The number of aryl methyl sites for hydroxylation is 1. The highest BCUT2D eigenvalue weighted by Crippen LogP contribution is 2.29. The molecular weight excluding hydrogens is 404 g/mol. The van der Waals surface area contributed by atoms with E-state index in [0.717, 1.165) is 29.2 Å². The van der Waals surface area contributed by atoms with Crippen molar-refractivity contribution in [3.63, 3.8) is 0 Å². The average Bonchev–Trinajstić information content (AvgIpc) is 3.42. The number of ether oxygens (including phenoxy) is 1. The van der Waals surface area contributed by atoms with Gasteiger partial charge in [0.25, 0.3) is 0 Å². The zero-order chi connectivity index (χ0) is 20.7. The van der Waals surface area contributed by atoms with Crippen LogP contribution in [0.2, 0.25) is 0 Å². The van der Waals surface area contributed by atoms with Crippen molar-refractivity contribution < 1.29 is 13.2 Å². The lowest BCUT2D eigenvalue weighted by molar-refractivity contribution is 0.356. The van der Waals surface area contributed by atoms with Crippen molar-refractivity contribution >= 4 is 15.8 Å².